The Morgan fingerprint density at radius 3 is 2.60 bits per heavy atom. The average molecular weight is 279 g/mol. The Labute approximate surface area is 121 Å². The van der Waals surface area contributed by atoms with Gasteiger partial charge in [0.1, 0.15) is 10.8 Å². The van der Waals surface area contributed by atoms with Gasteiger partial charge in [-0.05, 0) is 23.8 Å². The first-order valence-electron chi connectivity index (χ1n) is 6.29. The number of aromatic nitrogens is 1. The van der Waals surface area contributed by atoms with Gasteiger partial charge in [-0.1, -0.05) is 48.5 Å². The predicted molar refractivity (Wildman–Crippen MR) is 84.6 cm³/mol. The Bertz CT molecular complexity index is 732. The molecule has 0 spiro atoms. The summed E-state index contributed by atoms with van der Waals surface area (Å²) < 4.78 is 0. The molecule has 1 aromatic heterocycles. The summed E-state index contributed by atoms with van der Waals surface area (Å²) in [6.45, 7) is 0. The van der Waals surface area contributed by atoms with E-state index in [9.17, 15) is 5.11 Å². The summed E-state index contributed by atoms with van der Waals surface area (Å²) in [6.07, 6.45) is 3.92. The molecule has 20 heavy (non-hydrogen) atoms. The summed E-state index contributed by atoms with van der Waals surface area (Å²) in [7, 11) is 0. The zero-order valence-corrected chi connectivity index (χ0v) is 11.5. The minimum atomic E-state index is 0.274. The van der Waals surface area contributed by atoms with Gasteiger partial charge < -0.3 is 5.11 Å². The predicted octanol–water partition coefficient (Wildman–Crippen LogP) is 4.69. The Morgan fingerprint density at radius 2 is 1.80 bits per heavy atom. The fourth-order valence-corrected chi connectivity index (χ4v) is 2.62. The van der Waals surface area contributed by atoms with Gasteiger partial charge in [0, 0.05) is 10.9 Å². The first-order valence-corrected chi connectivity index (χ1v) is 7.17. The second-order valence-corrected chi connectivity index (χ2v) is 5.26. The highest BCUT2D eigenvalue weighted by molar-refractivity contribution is 7.10. The second kappa shape index (κ2) is 5.72. The number of aromatic hydroxyl groups is 1. The van der Waals surface area contributed by atoms with Crippen molar-refractivity contribution >= 4 is 23.5 Å². The summed E-state index contributed by atoms with van der Waals surface area (Å²) in [6, 6.07) is 17.3. The number of benzene rings is 2. The van der Waals surface area contributed by atoms with Crippen LogP contribution in [0.2, 0.25) is 0 Å². The molecule has 1 N–H and O–H groups in total. The van der Waals surface area contributed by atoms with Crippen LogP contribution >= 0.6 is 11.3 Å². The van der Waals surface area contributed by atoms with E-state index in [0.29, 0.717) is 0 Å². The minimum absolute atomic E-state index is 0.274. The molecule has 0 unspecified atom stereocenters. The third-order valence-corrected chi connectivity index (χ3v) is 3.69. The van der Waals surface area contributed by atoms with Crippen LogP contribution in [0.5, 0.6) is 5.75 Å². The lowest BCUT2D eigenvalue weighted by Crippen LogP contribution is -1.77. The molecule has 0 aliphatic heterocycles. The highest BCUT2D eigenvalue weighted by Crippen LogP contribution is 2.23. The van der Waals surface area contributed by atoms with Crippen molar-refractivity contribution in [1.82, 2.24) is 4.98 Å². The van der Waals surface area contributed by atoms with Crippen molar-refractivity contribution in [2.45, 2.75) is 0 Å². The van der Waals surface area contributed by atoms with E-state index < -0.39 is 0 Å². The third-order valence-electron chi connectivity index (χ3n) is 2.88. The fourth-order valence-electron chi connectivity index (χ4n) is 1.90. The summed E-state index contributed by atoms with van der Waals surface area (Å²) in [5.74, 6) is 0.274. The quantitative estimate of drug-likeness (QED) is 0.754. The molecule has 0 bridgehead atoms. The Balaban J connectivity index is 1.81. The molecule has 0 fully saturated rings. The Kier molecular flexibility index (Phi) is 3.61. The molecule has 3 heteroatoms. The van der Waals surface area contributed by atoms with Gasteiger partial charge in [0.2, 0.25) is 0 Å². The maximum atomic E-state index is 9.42. The lowest BCUT2D eigenvalue weighted by atomic mass is 10.2. The van der Waals surface area contributed by atoms with Gasteiger partial charge in [0.15, 0.2) is 0 Å². The molecule has 0 aliphatic carbocycles. The lowest BCUT2D eigenvalue weighted by Gasteiger charge is -1.94. The van der Waals surface area contributed by atoms with Gasteiger partial charge in [-0.25, -0.2) is 4.98 Å². The van der Waals surface area contributed by atoms with E-state index in [1.54, 1.807) is 23.5 Å². The van der Waals surface area contributed by atoms with Crippen molar-refractivity contribution < 1.29 is 5.11 Å². The number of rotatable bonds is 3. The molecule has 3 rings (SSSR count). The van der Waals surface area contributed by atoms with Crippen LogP contribution in [0.4, 0.5) is 0 Å². The van der Waals surface area contributed by atoms with Crippen molar-refractivity contribution in [3.05, 3.63) is 70.5 Å². The molecule has 0 radical (unpaired) electrons. The van der Waals surface area contributed by atoms with Gasteiger partial charge in [0.05, 0.1) is 5.69 Å². The van der Waals surface area contributed by atoms with E-state index in [2.05, 4.69) is 22.5 Å². The molecule has 0 aliphatic rings. The van der Waals surface area contributed by atoms with Crippen LogP contribution in [0, 0.1) is 0 Å². The number of hydrogen-bond donors (Lipinski definition) is 1. The molecule has 2 nitrogen and oxygen atoms in total. The molecular weight excluding hydrogens is 266 g/mol. The molecule has 98 valence electrons. The standard InChI is InChI=1S/C17H13NOS/c19-15-8-4-5-13(11-15)9-10-17-18-16(12-20-17)14-6-2-1-3-7-14/h1-12,19H. The van der Waals surface area contributed by atoms with E-state index in [4.69, 9.17) is 0 Å². The van der Waals surface area contributed by atoms with E-state index in [-0.39, 0.29) is 5.75 Å². The fraction of sp³-hybridized carbons (Fsp3) is 0. The first kappa shape index (κ1) is 12.6. The van der Waals surface area contributed by atoms with Crippen LogP contribution in [0.3, 0.4) is 0 Å². The van der Waals surface area contributed by atoms with Crippen LogP contribution in [-0.4, -0.2) is 10.1 Å². The normalized spacial score (nSPS) is 11.0. The highest BCUT2D eigenvalue weighted by atomic mass is 32.1. The SMILES string of the molecule is Oc1cccc(C=Cc2nc(-c3ccccc3)cs2)c1. The van der Waals surface area contributed by atoms with E-state index in [1.807, 2.05) is 42.5 Å². The topological polar surface area (TPSA) is 33.1 Å². The van der Waals surface area contributed by atoms with Crippen molar-refractivity contribution in [1.29, 1.82) is 0 Å². The smallest absolute Gasteiger partial charge is 0.116 e. The van der Waals surface area contributed by atoms with Crippen LogP contribution in [0.1, 0.15) is 10.6 Å². The minimum Gasteiger partial charge on any atom is -0.508 e. The molecule has 0 amide bonds. The highest BCUT2D eigenvalue weighted by Gasteiger charge is 2.01. The van der Waals surface area contributed by atoms with Gasteiger partial charge in [-0.2, -0.15) is 0 Å². The molecular formula is C17H13NOS. The van der Waals surface area contributed by atoms with E-state index in [0.717, 1.165) is 21.8 Å². The third kappa shape index (κ3) is 2.95. The average Bonchev–Trinajstić information content (AvgIpc) is 2.95. The van der Waals surface area contributed by atoms with Crippen molar-refractivity contribution in [2.75, 3.05) is 0 Å². The monoisotopic (exact) mass is 279 g/mol. The molecule has 3 aromatic rings. The number of phenolic OH excluding ortho intramolecular Hbond substituents is 1. The van der Waals surface area contributed by atoms with Crippen LogP contribution in [0.15, 0.2) is 60.0 Å². The number of phenols is 1. The Morgan fingerprint density at radius 1 is 0.950 bits per heavy atom. The van der Waals surface area contributed by atoms with Crippen LogP contribution < -0.4 is 0 Å². The van der Waals surface area contributed by atoms with Gasteiger partial charge in [0.25, 0.3) is 0 Å². The summed E-state index contributed by atoms with van der Waals surface area (Å²) >= 11 is 1.61. The summed E-state index contributed by atoms with van der Waals surface area (Å²) in [5, 5.41) is 12.4. The number of hydrogen-bond acceptors (Lipinski definition) is 3. The van der Waals surface area contributed by atoms with Gasteiger partial charge in [-0.3, -0.25) is 0 Å². The maximum Gasteiger partial charge on any atom is 0.116 e. The molecule has 0 saturated heterocycles. The largest absolute Gasteiger partial charge is 0.508 e. The molecule has 0 saturated carbocycles. The second-order valence-electron chi connectivity index (χ2n) is 4.37. The number of nitrogens with zero attached hydrogens (tertiary/aromatic N) is 1. The molecule has 0 atom stereocenters. The van der Waals surface area contributed by atoms with E-state index >= 15 is 0 Å². The number of thiazole rings is 1. The van der Waals surface area contributed by atoms with Crippen molar-refractivity contribution in [3.63, 3.8) is 0 Å². The molecule has 2 aromatic carbocycles. The van der Waals surface area contributed by atoms with Crippen LogP contribution in [-0.2, 0) is 0 Å². The Hall–Kier alpha value is -2.39. The maximum absolute atomic E-state index is 9.42. The first-order chi connectivity index (χ1) is 9.81. The zero-order valence-electron chi connectivity index (χ0n) is 10.7. The van der Waals surface area contributed by atoms with Gasteiger partial charge >= 0.3 is 0 Å². The van der Waals surface area contributed by atoms with Gasteiger partial charge in [-0.15, -0.1) is 11.3 Å². The van der Waals surface area contributed by atoms with E-state index in [1.165, 1.54) is 0 Å². The van der Waals surface area contributed by atoms with Crippen LogP contribution in [0.25, 0.3) is 23.4 Å². The van der Waals surface area contributed by atoms with Crippen molar-refractivity contribution in [2.24, 2.45) is 0 Å². The molecule has 1 heterocycles. The summed E-state index contributed by atoms with van der Waals surface area (Å²) in [4.78, 5) is 4.59. The van der Waals surface area contributed by atoms with Crippen molar-refractivity contribution in [3.8, 4) is 17.0 Å². The lowest BCUT2D eigenvalue weighted by molar-refractivity contribution is 0.475. The summed E-state index contributed by atoms with van der Waals surface area (Å²) in [5.41, 5.74) is 3.08. The zero-order chi connectivity index (χ0) is 13.8.